The number of aryl methyl sites for hydroxylation is 1. The van der Waals surface area contributed by atoms with Gasteiger partial charge in [-0.2, -0.15) is 5.10 Å². The van der Waals surface area contributed by atoms with Crippen LogP contribution in [0.25, 0.3) is 11.1 Å². The monoisotopic (exact) mass is 506 g/mol. The van der Waals surface area contributed by atoms with Crippen LogP contribution >= 0.6 is 0 Å². The molecule has 1 aliphatic rings. The Labute approximate surface area is 212 Å². The number of ether oxygens (including phenoxy) is 3. The van der Waals surface area contributed by atoms with E-state index < -0.39 is 23.9 Å². The standard InChI is InChI=1S/C26H26N4O7/c1-5-19-22(14-6-8-18(35-2)9-7-14)23-28-24(32)20(30(23)29-19)13-21(31)27-17-11-15(25(33)36-3)10-16(12-17)26(34)37-4/h6-12,20H,5,13H2,1-4H3,(H,27,31)(H,28,32). The zero-order valence-corrected chi connectivity index (χ0v) is 20.8. The van der Waals surface area contributed by atoms with Crippen LogP contribution in [0.1, 0.15) is 45.8 Å². The minimum absolute atomic E-state index is 0.0605. The molecule has 0 saturated carbocycles. The number of fused-ring (bicyclic) bond motifs is 1. The summed E-state index contributed by atoms with van der Waals surface area (Å²) in [7, 11) is 4.00. The Bertz CT molecular complexity index is 1340. The van der Waals surface area contributed by atoms with Gasteiger partial charge in [-0.3, -0.25) is 9.59 Å². The Hall–Kier alpha value is -4.67. The summed E-state index contributed by atoms with van der Waals surface area (Å²) in [6.45, 7) is 1.96. The van der Waals surface area contributed by atoms with Gasteiger partial charge in [0.25, 0.3) is 5.91 Å². The quantitative estimate of drug-likeness (QED) is 0.444. The van der Waals surface area contributed by atoms with Crippen molar-refractivity contribution in [1.29, 1.82) is 0 Å². The van der Waals surface area contributed by atoms with Crippen LogP contribution in [0.2, 0.25) is 0 Å². The molecule has 2 aromatic carbocycles. The first-order valence-electron chi connectivity index (χ1n) is 11.5. The summed E-state index contributed by atoms with van der Waals surface area (Å²) in [5, 5.41) is 10.1. The normalized spacial score (nSPS) is 13.9. The molecule has 0 radical (unpaired) electrons. The van der Waals surface area contributed by atoms with E-state index in [0.717, 1.165) is 16.8 Å². The molecular weight excluding hydrogens is 480 g/mol. The van der Waals surface area contributed by atoms with Gasteiger partial charge in [0.05, 0.1) is 44.6 Å². The minimum Gasteiger partial charge on any atom is -0.497 e. The van der Waals surface area contributed by atoms with E-state index in [1.165, 1.54) is 37.1 Å². The Kier molecular flexibility index (Phi) is 7.23. The maximum absolute atomic E-state index is 12.9. The van der Waals surface area contributed by atoms with Crippen LogP contribution < -0.4 is 15.4 Å². The van der Waals surface area contributed by atoms with E-state index in [2.05, 4.69) is 15.7 Å². The van der Waals surface area contributed by atoms with E-state index >= 15 is 0 Å². The third-order valence-electron chi connectivity index (χ3n) is 5.97. The van der Waals surface area contributed by atoms with Crippen molar-refractivity contribution in [3.63, 3.8) is 0 Å². The molecule has 0 aliphatic carbocycles. The topological polar surface area (TPSA) is 138 Å². The number of hydrogen-bond donors (Lipinski definition) is 2. The van der Waals surface area contributed by atoms with Gasteiger partial charge in [-0.15, -0.1) is 0 Å². The molecule has 0 bridgehead atoms. The molecule has 11 nitrogen and oxygen atoms in total. The third kappa shape index (κ3) is 5.01. The van der Waals surface area contributed by atoms with Crippen LogP contribution in [0.3, 0.4) is 0 Å². The smallest absolute Gasteiger partial charge is 0.337 e. The molecule has 1 unspecified atom stereocenters. The summed E-state index contributed by atoms with van der Waals surface area (Å²) in [4.78, 5) is 49.8. The van der Waals surface area contributed by atoms with E-state index in [1.807, 2.05) is 31.2 Å². The molecule has 0 fully saturated rings. The molecule has 0 saturated heterocycles. The van der Waals surface area contributed by atoms with Crippen LogP contribution in [0.15, 0.2) is 42.5 Å². The highest BCUT2D eigenvalue weighted by Gasteiger charge is 2.36. The third-order valence-corrected chi connectivity index (χ3v) is 5.97. The SMILES string of the molecule is CCc1nn2c(c1-c1ccc(OC)cc1)NC(=O)C2CC(=O)Nc1cc(C(=O)OC)cc(C(=O)OC)c1. The summed E-state index contributed by atoms with van der Waals surface area (Å²) >= 11 is 0. The maximum atomic E-state index is 12.9. The molecule has 192 valence electrons. The molecule has 2 N–H and O–H groups in total. The number of amides is 2. The van der Waals surface area contributed by atoms with Gasteiger partial charge in [0.2, 0.25) is 5.91 Å². The second-order valence-corrected chi connectivity index (χ2v) is 8.24. The van der Waals surface area contributed by atoms with Gasteiger partial charge in [-0.25, -0.2) is 14.3 Å². The lowest BCUT2D eigenvalue weighted by atomic mass is 10.0. The van der Waals surface area contributed by atoms with Crippen molar-refractivity contribution < 1.29 is 33.4 Å². The fourth-order valence-electron chi connectivity index (χ4n) is 4.18. The highest BCUT2D eigenvalue weighted by Crippen LogP contribution is 2.39. The molecule has 4 rings (SSSR count). The van der Waals surface area contributed by atoms with Crippen LogP contribution in [0, 0.1) is 0 Å². The van der Waals surface area contributed by atoms with Crippen molar-refractivity contribution in [3.05, 3.63) is 59.3 Å². The van der Waals surface area contributed by atoms with Gasteiger partial charge in [0.15, 0.2) is 0 Å². The second-order valence-electron chi connectivity index (χ2n) is 8.24. The van der Waals surface area contributed by atoms with Crippen molar-refractivity contribution >= 4 is 35.3 Å². The lowest BCUT2D eigenvalue weighted by molar-refractivity contribution is -0.123. The van der Waals surface area contributed by atoms with Gasteiger partial charge in [0.1, 0.15) is 17.6 Å². The molecule has 11 heteroatoms. The van der Waals surface area contributed by atoms with Gasteiger partial charge >= 0.3 is 11.9 Å². The Balaban J connectivity index is 1.60. The summed E-state index contributed by atoms with van der Waals surface area (Å²) < 4.78 is 16.2. The van der Waals surface area contributed by atoms with E-state index in [9.17, 15) is 19.2 Å². The molecule has 2 amide bonds. The summed E-state index contributed by atoms with van der Waals surface area (Å²) in [6, 6.07) is 10.6. The van der Waals surface area contributed by atoms with E-state index in [1.54, 1.807) is 7.11 Å². The summed E-state index contributed by atoms with van der Waals surface area (Å²) in [5.74, 6) is -1.02. The van der Waals surface area contributed by atoms with Gasteiger partial charge in [-0.1, -0.05) is 19.1 Å². The Morgan fingerprint density at radius 1 is 1.00 bits per heavy atom. The first-order chi connectivity index (χ1) is 17.8. The Morgan fingerprint density at radius 3 is 2.16 bits per heavy atom. The lowest BCUT2D eigenvalue weighted by Crippen LogP contribution is -2.24. The number of esters is 2. The molecule has 1 aromatic heterocycles. The first-order valence-corrected chi connectivity index (χ1v) is 11.5. The van der Waals surface area contributed by atoms with Crippen LogP contribution in [-0.4, -0.2) is 54.9 Å². The summed E-state index contributed by atoms with van der Waals surface area (Å²) in [5.41, 5.74) is 2.73. The number of rotatable bonds is 8. The largest absolute Gasteiger partial charge is 0.497 e. The van der Waals surface area contributed by atoms with Crippen molar-refractivity contribution in [1.82, 2.24) is 9.78 Å². The maximum Gasteiger partial charge on any atom is 0.337 e. The van der Waals surface area contributed by atoms with Crippen molar-refractivity contribution in [3.8, 4) is 16.9 Å². The predicted molar refractivity (Wildman–Crippen MR) is 134 cm³/mol. The molecule has 1 aliphatic heterocycles. The zero-order valence-electron chi connectivity index (χ0n) is 20.8. The number of nitrogens with one attached hydrogen (secondary N) is 2. The van der Waals surface area contributed by atoms with E-state index in [-0.39, 0.29) is 29.1 Å². The van der Waals surface area contributed by atoms with Gasteiger partial charge in [-0.05, 0) is 42.3 Å². The number of anilines is 2. The first kappa shape index (κ1) is 25.4. The molecule has 0 spiro atoms. The number of carbonyl (C=O) groups is 4. The fourth-order valence-corrected chi connectivity index (χ4v) is 4.18. The van der Waals surface area contributed by atoms with E-state index in [4.69, 9.17) is 14.2 Å². The average Bonchev–Trinajstić information content (AvgIpc) is 3.41. The number of aromatic nitrogens is 2. The molecule has 3 aromatic rings. The average molecular weight is 507 g/mol. The van der Waals surface area contributed by atoms with Gasteiger partial charge in [0, 0.05) is 11.3 Å². The minimum atomic E-state index is -0.879. The molecular formula is C26H26N4O7. The molecule has 37 heavy (non-hydrogen) atoms. The number of carbonyl (C=O) groups excluding carboxylic acids is 4. The van der Waals surface area contributed by atoms with Crippen molar-refractivity contribution in [2.24, 2.45) is 0 Å². The lowest BCUT2D eigenvalue weighted by Gasteiger charge is -2.12. The van der Waals surface area contributed by atoms with Crippen LogP contribution in [-0.2, 0) is 25.5 Å². The van der Waals surface area contributed by atoms with E-state index in [0.29, 0.717) is 18.0 Å². The highest BCUT2D eigenvalue weighted by molar-refractivity contribution is 6.05. The van der Waals surface area contributed by atoms with Crippen molar-refractivity contribution in [2.45, 2.75) is 25.8 Å². The number of nitrogens with zero attached hydrogens (tertiary/aromatic N) is 2. The number of benzene rings is 2. The summed E-state index contributed by atoms with van der Waals surface area (Å²) in [6.07, 6.45) is 0.397. The molecule has 1 atom stereocenters. The molecule has 2 heterocycles. The van der Waals surface area contributed by atoms with Gasteiger partial charge < -0.3 is 24.8 Å². The fraction of sp³-hybridized carbons (Fsp3) is 0.269. The zero-order chi connectivity index (χ0) is 26.7. The second kappa shape index (κ2) is 10.5. The Morgan fingerprint density at radius 2 is 1.62 bits per heavy atom. The highest BCUT2D eigenvalue weighted by atomic mass is 16.5. The van der Waals surface area contributed by atoms with Crippen LogP contribution in [0.4, 0.5) is 11.5 Å². The predicted octanol–water partition coefficient (Wildman–Crippen LogP) is 3.22. The number of hydrogen-bond acceptors (Lipinski definition) is 8. The van der Waals surface area contributed by atoms with Crippen molar-refractivity contribution in [2.75, 3.05) is 32.0 Å². The number of methoxy groups -OCH3 is 3. The van der Waals surface area contributed by atoms with Crippen LogP contribution in [0.5, 0.6) is 5.75 Å².